The molecule has 2 aromatic rings. The number of nitrogens with one attached hydrogen (secondary N) is 1. The molecule has 0 aliphatic rings. The largest absolute Gasteiger partial charge is 0.449 e. The molecule has 2 rings (SSSR count). The molecule has 20 heavy (non-hydrogen) atoms. The van der Waals surface area contributed by atoms with E-state index in [9.17, 15) is 0 Å². The second-order valence-electron chi connectivity index (χ2n) is 4.59. The maximum absolute atomic E-state index is 9.00. The first-order valence-electron chi connectivity index (χ1n) is 6.71. The number of nitrogens with zero attached hydrogens (tertiary/aromatic N) is 1. The molecule has 4 nitrogen and oxygen atoms in total. The highest BCUT2D eigenvalue weighted by atomic mass is 16.3. The average Bonchev–Trinajstić information content (AvgIpc) is 2.96. The fraction of sp³-hybridized carbons (Fsp3) is 0.312. The molecule has 0 bridgehead atoms. The quantitative estimate of drug-likeness (QED) is 0.811. The number of hydrogen-bond donors (Lipinski definition) is 2. The second kappa shape index (κ2) is 7.49. The van der Waals surface area contributed by atoms with E-state index in [1.54, 1.807) is 12.1 Å². The molecule has 1 unspecified atom stereocenters. The van der Waals surface area contributed by atoms with Gasteiger partial charge in [-0.1, -0.05) is 30.3 Å². The molecule has 1 heterocycles. The monoisotopic (exact) mass is 270 g/mol. The highest BCUT2D eigenvalue weighted by Crippen LogP contribution is 2.19. The summed E-state index contributed by atoms with van der Waals surface area (Å²) < 4.78 is 5.35. The summed E-state index contributed by atoms with van der Waals surface area (Å²) in [4.78, 5) is 0. The van der Waals surface area contributed by atoms with Crippen LogP contribution in [-0.2, 0) is 6.54 Å². The van der Waals surface area contributed by atoms with Crippen LogP contribution in [-0.4, -0.2) is 11.7 Å². The Morgan fingerprint density at radius 1 is 1.20 bits per heavy atom. The first kappa shape index (κ1) is 14.3. The molecule has 0 aliphatic heterocycles. The van der Waals surface area contributed by atoms with Gasteiger partial charge in [0.15, 0.2) is 0 Å². The molecule has 0 fully saturated rings. The molecule has 0 spiro atoms. The van der Waals surface area contributed by atoms with Crippen molar-refractivity contribution in [3.63, 3.8) is 0 Å². The predicted molar refractivity (Wildman–Crippen MR) is 75.8 cm³/mol. The van der Waals surface area contributed by atoms with E-state index >= 15 is 0 Å². The van der Waals surface area contributed by atoms with Gasteiger partial charge in [-0.2, -0.15) is 5.26 Å². The highest BCUT2D eigenvalue weighted by Gasteiger charge is 2.11. The average molecular weight is 270 g/mol. The number of aliphatic hydroxyl groups is 1. The normalized spacial score (nSPS) is 12.0. The van der Waals surface area contributed by atoms with E-state index in [1.165, 1.54) is 5.56 Å². The van der Waals surface area contributed by atoms with Crippen molar-refractivity contribution in [2.75, 3.05) is 6.61 Å². The summed E-state index contributed by atoms with van der Waals surface area (Å²) in [6.07, 6.45) is 1.60. The van der Waals surface area contributed by atoms with Crippen molar-refractivity contribution in [2.45, 2.75) is 25.4 Å². The lowest BCUT2D eigenvalue weighted by Crippen LogP contribution is -2.21. The smallest absolute Gasteiger partial charge is 0.203 e. The molecule has 0 saturated heterocycles. The van der Waals surface area contributed by atoms with Gasteiger partial charge < -0.3 is 14.8 Å². The van der Waals surface area contributed by atoms with Crippen molar-refractivity contribution in [3.05, 3.63) is 59.5 Å². The first-order valence-corrected chi connectivity index (χ1v) is 6.71. The van der Waals surface area contributed by atoms with Gasteiger partial charge in [0.2, 0.25) is 5.76 Å². The van der Waals surface area contributed by atoms with Gasteiger partial charge in [0.25, 0.3) is 0 Å². The lowest BCUT2D eigenvalue weighted by molar-refractivity contribution is 0.274. The summed E-state index contributed by atoms with van der Waals surface area (Å²) in [5.41, 5.74) is 1.19. The Labute approximate surface area is 118 Å². The summed E-state index contributed by atoms with van der Waals surface area (Å²) in [5, 5.41) is 21.1. The van der Waals surface area contributed by atoms with Gasteiger partial charge in [-0.15, -0.1) is 0 Å². The van der Waals surface area contributed by atoms with E-state index in [2.05, 4.69) is 17.4 Å². The van der Waals surface area contributed by atoms with Crippen LogP contribution in [0.3, 0.4) is 0 Å². The van der Waals surface area contributed by atoms with Crippen LogP contribution < -0.4 is 5.32 Å². The Morgan fingerprint density at radius 2 is 2.00 bits per heavy atom. The standard InChI is InChI=1S/C16H18N2O2/c17-11-14-8-9-15(20-14)12-18-16(7-4-10-19)13-5-2-1-3-6-13/h1-3,5-6,8-9,16,18-19H,4,7,10,12H2. The molecule has 2 N–H and O–H groups in total. The zero-order valence-electron chi connectivity index (χ0n) is 11.2. The molecule has 0 amide bonds. The maximum atomic E-state index is 9.00. The van der Waals surface area contributed by atoms with Crippen molar-refractivity contribution in [1.29, 1.82) is 5.26 Å². The Bertz CT molecular complexity index is 557. The number of nitriles is 1. The van der Waals surface area contributed by atoms with Crippen LogP contribution in [0.25, 0.3) is 0 Å². The maximum Gasteiger partial charge on any atom is 0.203 e. The minimum absolute atomic E-state index is 0.166. The summed E-state index contributed by atoms with van der Waals surface area (Å²) in [5.74, 6) is 1.07. The van der Waals surface area contributed by atoms with E-state index in [0.29, 0.717) is 12.3 Å². The molecule has 4 heteroatoms. The summed E-state index contributed by atoms with van der Waals surface area (Å²) in [6, 6.07) is 15.7. The van der Waals surface area contributed by atoms with E-state index in [0.717, 1.165) is 18.6 Å². The van der Waals surface area contributed by atoms with Crippen molar-refractivity contribution in [3.8, 4) is 6.07 Å². The minimum atomic E-state index is 0.166. The zero-order valence-corrected chi connectivity index (χ0v) is 11.2. The minimum Gasteiger partial charge on any atom is -0.449 e. The lowest BCUT2D eigenvalue weighted by atomic mass is 10.0. The molecule has 0 saturated carbocycles. The Kier molecular flexibility index (Phi) is 5.36. The Morgan fingerprint density at radius 3 is 2.65 bits per heavy atom. The summed E-state index contributed by atoms with van der Waals surface area (Å²) >= 11 is 0. The van der Waals surface area contributed by atoms with Crippen LogP contribution in [0.15, 0.2) is 46.9 Å². The number of rotatable bonds is 7. The van der Waals surface area contributed by atoms with E-state index in [1.807, 2.05) is 24.3 Å². The topological polar surface area (TPSA) is 69.2 Å². The van der Waals surface area contributed by atoms with Gasteiger partial charge in [0.05, 0.1) is 6.54 Å². The van der Waals surface area contributed by atoms with Gasteiger partial charge in [-0.25, -0.2) is 0 Å². The fourth-order valence-corrected chi connectivity index (χ4v) is 2.12. The van der Waals surface area contributed by atoms with Crippen LogP contribution in [0.5, 0.6) is 0 Å². The molecular formula is C16H18N2O2. The molecule has 1 atom stereocenters. The third-order valence-electron chi connectivity index (χ3n) is 3.15. The molecule has 1 aromatic carbocycles. The fourth-order valence-electron chi connectivity index (χ4n) is 2.12. The van der Waals surface area contributed by atoms with Crippen molar-refractivity contribution < 1.29 is 9.52 Å². The predicted octanol–water partition coefficient (Wildman–Crippen LogP) is 2.75. The first-order chi connectivity index (χ1) is 9.83. The summed E-state index contributed by atoms with van der Waals surface area (Å²) in [6.45, 7) is 0.747. The SMILES string of the molecule is N#Cc1ccc(CNC(CCCO)c2ccccc2)o1. The Balaban J connectivity index is 1.99. The van der Waals surface area contributed by atoms with Gasteiger partial charge >= 0.3 is 0 Å². The summed E-state index contributed by atoms with van der Waals surface area (Å²) in [7, 11) is 0. The van der Waals surface area contributed by atoms with Crippen LogP contribution >= 0.6 is 0 Å². The number of furan rings is 1. The number of aliphatic hydroxyl groups excluding tert-OH is 1. The molecule has 0 aliphatic carbocycles. The van der Waals surface area contributed by atoms with Crippen LogP contribution in [0, 0.1) is 11.3 Å². The van der Waals surface area contributed by atoms with Gasteiger partial charge in [0, 0.05) is 12.6 Å². The number of benzene rings is 1. The van der Waals surface area contributed by atoms with Crippen LogP contribution in [0.2, 0.25) is 0 Å². The lowest BCUT2D eigenvalue weighted by Gasteiger charge is -2.18. The third kappa shape index (κ3) is 3.95. The van der Waals surface area contributed by atoms with Gasteiger partial charge in [-0.05, 0) is 30.5 Å². The molecular weight excluding hydrogens is 252 g/mol. The van der Waals surface area contributed by atoms with Crippen molar-refractivity contribution in [1.82, 2.24) is 5.32 Å². The highest BCUT2D eigenvalue weighted by molar-refractivity contribution is 5.21. The molecule has 104 valence electrons. The Hall–Kier alpha value is -2.09. The van der Waals surface area contributed by atoms with Crippen LogP contribution in [0.1, 0.15) is 36.0 Å². The second-order valence-corrected chi connectivity index (χ2v) is 4.59. The molecule has 1 aromatic heterocycles. The number of hydrogen-bond acceptors (Lipinski definition) is 4. The zero-order chi connectivity index (χ0) is 14.2. The van der Waals surface area contributed by atoms with Crippen molar-refractivity contribution in [2.24, 2.45) is 0 Å². The van der Waals surface area contributed by atoms with Gasteiger partial charge in [0.1, 0.15) is 11.8 Å². The molecule has 0 radical (unpaired) electrons. The third-order valence-corrected chi connectivity index (χ3v) is 3.15. The van der Waals surface area contributed by atoms with E-state index in [4.69, 9.17) is 14.8 Å². The van der Waals surface area contributed by atoms with E-state index in [-0.39, 0.29) is 12.6 Å². The van der Waals surface area contributed by atoms with E-state index < -0.39 is 0 Å². The van der Waals surface area contributed by atoms with Crippen LogP contribution in [0.4, 0.5) is 0 Å². The van der Waals surface area contributed by atoms with Crippen molar-refractivity contribution >= 4 is 0 Å². The van der Waals surface area contributed by atoms with Gasteiger partial charge in [-0.3, -0.25) is 0 Å².